The number of hydrogen-bond donors (Lipinski definition) is 2. The molecular weight excluding hydrogens is 699 g/mol. The van der Waals surface area contributed by atoms with Gasteiger partial charge in [0.2, 0.25) is 0 Å². The maximum Gasteiger partial charge on any atom is 0.469 e. The van der Waals surface area contributed by atoms with Crippen molar-refractivity contribution in [2.24, 2.45) is 0 Å². The molecule has 0 heterocycles. The first-order chi connectivity index (χ1) is 26.3. The molecule has 0 aromatic carbocycles. The first-order valence-electron chi connectivity index (χ1n) is 20.2. The summed E-state index contributed by atoms with van der Waals surface area (Å²) in [7, 11) is -4.77. The second kappa shape index (κ2) is 39.4. The Morgan fingerprint density at radius 1 is 0.500 bits per heavy atom. The second-order valence-corrected chi connectivity index (χ2v) is 14.2. The number of esters is 2. The van der Waals surface area contributed by atoms with Crippen molar-refractivity contribution in [3.05, 3.63) is 109 Å². The molecule has 0 radical (unpaired) electrons. The SMILES string of the molecule is CC/C=C/C=C/C=C/C=C/CCCCCC(=O)OC(COC(=O)CCCCCCCCC/C=C/C/C=C/C/C=C/C/C=C/C/C=C/CC)COP(=O)(O)O. The Bertz CT molecular complexity index is 1230. The number of carbonyl (C=O) groups excluding carboxylic acids is 2. The third-order valence-electron chi connectivity index (χ3n) is 7.88. The first-order valence-corrected chi connectivity index (χ1v) is 21.8. The molecule has 54 heavy (non-hydrogen) atoms. The molecule has 0 aliphatic rings. The molecule has 1 unspecified atom stereocenters. The topological polar surface area (TPSA) is 119 Å². The molecule has 8 nitrogen and oxygen atoms in total. The third kappa shape index (κ3) is 41.5. The Balaban J connectivity index is 4.00. The van der Waals surface area contributed by atoms with Gasteiger partial charge in [-0.15, -0.1) is 0 Å². The van der Waals surface area contributed by atoms with E-state index < -0.39 is 32.5 Å². The number of allylic oxidation sites excluding steroid dienone is 18. The summed E-state index contributed by atoms with van der Waals surface area (Å²) in [6.07, 6.45) is 55.3. The fourth-order valence-electron chi connectivity index (χ4n) is 4.94. The Morgan fingerprint density at radius 3 is 1.48 bits per heavy atom. The van der Waals surface area contributed by atoms with Crippen molar-refractivity contribution in [2.45, 2.75) is 148 Å². The molecule has 2 N–H and O–H groups in total. The molecule has 0 saturated heterocycles. The third-order valence-corrected chi connectivity index (χ3v) is 8.37. The van der Waals surface area contributed by atoms with Gasteiger partial charge < -0.3 is 19.3 Å². The Hall–Kier alpha value is -3.29. The van der Waals surface area contributed by atoms with Gasteiger partial charge in [-0.05, 0) is 77.0 Å². The van der Waals surface area contributed by atoms with Crippen LogP contribution in [-0.2, 0) is 28.2 Å². The molecule has 0 fully saturated rings. The van der Waals surface area contributed by atoms with Gasteiger partial charge in [0.25, 0.3) is 0 Å². The summed E-state index contributed by atoms with van der Waals surface area (Å²) in [5, 5.41) is 0. The van der Waals surface area contributed by atoms with E-state index in [0.29, 0.717) is 12.8 Å². The molecule has 0 rings (SSSR count). The lowest BCUT2D eigenvalue weighted by Gasteiger charge is -2.18. The Kier molecular flexibility index (Phi) is 37.0. The fourth-order valence-corrected chi connectivity index (χ4v) is 5.30. The van der Waals surface area contributed by atoms with Crippen molar-refractivity contribution in [3.8, 4) is 0 Å². The van der Waals surface area contributed by atoms with Crippen LogP contribution in [0.5, 0.6) is 0 Å². The molecule has 1 atom stereocenters. The smallest absolute Gasteiger partial charge is 0.462 e. The van der Waals surface area contributed by atoms with E-state index in [1.807, 2.05) is 36.5 Å². The molecular formula is C45H71O8P. The number of phosphoric ester groups is 1. The summed E-state index contributed by atoms with van der Waals surface area (Å²) in [6.45, 7) is 3.36. The molecule has 0 aliphatic heterocycles. The van der Waals surface area contributed by atoms with E-state index in [-0.39, 0.29) is 19.4 Å². The summed E-state index contributed by atoms with van der Waals surface area (Å²) >= 11 is 0. The van der Waals surface area contributed by atoms with Gasteiger partial charge in [0.05, 0.1) is 6.61 Å². The summed E-state index contributed by atoms with van der Waals surface area (Å²) in [5.41, 5.74) is 0. The van der Waals surface area contributed by atoms with Crippen molar-refractivity contribution < 1.29 is 37.9 Å². The minimum atomic E-state index is -4.77. The molecule has 0 aromatic rings. The Labute approximate surface area is 327 Å². The van der Waals surface area contributed by atoms with Gasteiger partial charge in [0.1, 0.15) is 6.61 Å². The molecule has 0 saturated carbocycles. The van der Waals surface area contributed by atoms with Gasteiger partial charge in [-0.3, -0.25) is 14.1 Å². The van der Waals surface area contributed by atoms with Crippen molar-refractivity contribution >= 4 is 19.8 Å². The van der Waals surface area contributed by atoms with Crippen LogP contribution >= 0.6 is 7.82 Å². The number of hydrogen-bond acceptors (Lipinski definition) is 6. The van der Waals surface area contributed by atoms with Crippen molar-refractivity contribution in [3.63, 3.8) is 0 Å². The fraction of sp³-hybridized carbons (Fsp3) is 0.556. The lowest BCUT2D eigenvalue weighted by molar-refractivity contribution is -0.161. The zero-order valence-electron chi connectivity index (χ0n) is 33.3. The van der Waals surface area contributed by atoms with E-state index in [1.54, 1.807) is 0 Å². The van der Waals surface area contributed by atoms with Crippen molar-refractivity contribution in [2.75, 3.05) is 13.2 Å². The quantitative estimate of drug-likeness (QED) is 0.0215. The van der Waals surface area contributed by atoms with Gasteiger partial charge in [-0.1, -0.05) is 162 Å². The van der Waals surface area contributed by atoms with Gasteiger partial charge in [-0.25, -0.2) is 4.57 Å². The maximum absolute atomic E-state index is 12.4. The van der Waals surface area contributed by atoms with Crippen molar-refractivity contribution in [1.29, 1.82) is 0 Å². The number of phosphoric acid groups is 1. The minimum absolute atomic E-state index is 0.156. The summed E-state index contributed by atoms with van der Waals surface area (Å²) in [5.74, 6) is -0.956. The lowest BCUT2D eigenvalue weighted by atomic mass is 10.1. The van der Waals surface area contributed by atoms with Gasteiger partial charge in [0, 0.05) is 12.8 Å². The molecule has 9 heteroatoms. The van der Waals surface area contributed by atoms with Gasteiger partial charge in [-0.2, -0.15) is 0 Å². The number of unbranched alkanes of at least 4 members (excludes halogenated alkanes) is 10. The molecule has 0 amide bonds. The highest BCUT2D eigenvalue weighted by Crippen LogP contribution is 2.36. The predicted octanol–water partition coefficient (Wildman–Crippen LogP) is 12.4. The second-order valence-electron chi connectivity index (χ2n) is 12.9. The summed E-state index contributed by atoms with van der Waals surface area (Å²) < 4.78 is 26.3. The Morgan fingerprint density at radius 2 is 0.926 bits per heavy atom. The predicted molar refractivity (Wildman–Crippen MR) is 225 cm³/mol. The normalized spacial score (nSPS) is 13.6. The molecule has 0 bridgehead atoms. The number of rotatable bonds is 35. The molecule has 0 aliphatic carbocycles. The van der Waals surface area contributed by atoms with Crippen LogP contribution in [0.25, 0.3) is 0 Å². The van der Waals surface area contributed by atoms with Crippen LogP contribution in [0.2, 0.25) is 0 Å². The van der Waals surface area contributed by atoms with Crippen LogP contribution in [0, 0.1) is 0 Å². The van der Waals surface area contributed by atoms with Crippen LogP contribution in [0.3, 0.4) is 0 Å². The van der Waals surface area contributed by atoms with Crippen LogP contribution < -0.4 is 0 Å². The maximum atomic E-state index is 12.4. The van der Waals surface area contributed by atoms with E-state index >= 15 is 0 Å². The van der Waals surface area contributed by atoms with Crippen LogP contribution in [0.4, 0.5) is 0 Å². The molecule has 304 valence electrons. The first kappa shape index (κ1) is 50.7. The highest BCUT2D eigenvalue weighted by Gasteiger charge is 2.22. The van der Waals surface area contributed by atoms with Crippen LogP contribution in [0.15, 0.2) is 109 Å². The average Bonchev–Trinajstić information content (AvgIpc) is 3.14. The number of ether oxygens (including phenoxy) is 2. The molecule has 0 spiro atoms. The monoisotopic (exact) mass is 770 g/mol. The average molecular weight is 771 g/mol. The minimum Gasteiger partial charge on any atom is -0.462 e. The summed E-state index contributed by atoms with van der Waals surface area (Å²) in [6, 6.07) is 0. The van der Waals surface area contributed by atoms with E-state index in [4.69, 9.17) is 19.3 Å². The largest absolute Gasteiger partial charge is 0.469 e. The van der Waals surface area contributed by atoms with E-state index in [2.05, 4.69) is 91.3 Å². The van der Waals surface area contributed by atoms with E-state index in [0.717, 1.165) is 83.5 Å². The van der Waals surface area contributed by atoms with E-state index in [1.165, 1.54) is 19.3 Å². The standard InChI is InChI=1S/C45H71O8P/c1-3-5-7-9-11-13-15-17-18-19-20-21-22-23-24-25-26-28-29-31-33-35-37-39-44(46)51-41-43(42-52-54(48,49)50)53-45(47)40-38-36-34-32-30-27-16-14-12-10-8-6-4-2/h5-8,10-14,16-18,20-21,23-24,27,30,43H,3-4,9,15,19,22,25-26,28-29,31-42H2,1-2H3,(H2,48,49,50)/b7-5+,8-6+,12-10+,13-11+,16-14+,18-17+,21-20+,24-23+,30-27+. The van der Waals surface area contributed by atoms with Crippen LogP contribution in [-0.4, -0.2) is 41.0 Å². The summed E-state index contributed by atoms with van der Waals surface area (Å²) in [4.78, 5) is 42.8. The lowest BCUT2D eigenvalue weighted by Crippen LogP contribution is -2.29. The zero-order chi connectivity index (χ0) is 39.6. The molecule has 0 aromatic heterocycles. The number of carbonyl (C=O) groups is 2. The van der Waals surface area contributed by atoms with Gasteiger partial charge >= 0.3 is 19.8 Å². The zero-order valence-corrected chi connectivity index (χ0v) is 34.2. The van der Waals surface area contributed by atoms with Crippen LogP contribution in [0.1, 0.15) is 142 Å². The van der Waals surface area contributed by atoms with Crippen molar-refractivity contribution in [1.82, 2.24) is 0 Å². The highest BCUT2D eigenvalue weighted by molar-refractivity contribution is 7.46. The van der Waals surface area contributed by atoms with E-state index in [9.17, 15) is 14.2 Å². The van der Waals surface area contributed by atoms with Gasteiger partial charge in [0.15, 0.2) is 6.10 Å². The highest BCUT2D eigenvalue weighted by atomic mass is 31.2.